The second kappa shape index (κ2) is 9.37. The molecule has 3 rings (SSSR count). The monoisotopic (exact) mass is 430 g/mol. The first-order chi connectivity index (χ1) is 13.9. The van der Waals surface area contributed by atoms with Gasteiger partial charge in [-0.05, 0) is 66.1 Å². The van der Waals surface area contributed by atoms with Crippen LogP contribution < -0.4 is 14.8 Å². The molecule has 0 aromatic heterocycles. The molecule has 1 N–H and O–H groups in total. The summed E-state index contributed by atoms with van der Waals surface area (Å²) in [5, 5.41) is 3.96. The van der Waals surface area contributed by atoms with Crippen LogP contribution in [0.2, 0.25) is 5.02 Å². The van der Waals surface area contributed by atoms with Gasteiger partial charge in [0, 0.05) is 5.02 Å². The molecule has 1 fully saturated rings. The van der Waals surface area contributed by atoms with Crippen LogP contribution in [0.4, 0.5) is 5.69 Å². The van der Waals surface area contributed by atoms with Crippen molar-refractivity contribution in [1.82, 2.24) is 5.32 Å². The zero-order valence-corrected chi connectivity index (χ0v) is 18.4. The summed E-state index contributed by atoms with van der Waals surface area (Å²) in [5.74, 6) is 1.55. The lowest BCUT2D eigenvalue weighted by Crippen LogP contribution is -2.19. The Labute approximate surface area is 180 Å². The van der Waals surface area contributed by atoms with Crippen molar-refractivity contribution in [2.24, 2.45) is 10.9 Å². The zero-order chi connectivity index (χ0) is 21.0. The van der Waals surface area contributed by atoms with E-state index in [-0.39, 0.29) is 5.91 Å². The second-order valence-corrected chi connectivity index (χ2v) is 8.42. The Morgan fingerprint density at radius 2 is 2.03 bits per heavy atom. The molecular formula is C22H23ClN2O3S. The molecule has 1 aliphatic rings. The number of amidine groups is 1. The molecule has 0 radical (unpaired) electrons. The first-order valence-corrected chi connectivity index (χ1v) is 10.4. The highest BCUT2D eigenvalue weighted by atomic mass is 35.5. The number of aliphatic imine (C=N–C) groups is 1. The van der Waals surface area contributed by atoms with E-state index in [1.807, 2.05) is 49.4 Å². The standard InChI is InChI=1S/C22H23ClN2O3S/c1-13(2)12-28-18-9-8-15(10-19(18)27-4)11-20-21(26)25-22(29-20)24-17-7-5-6-16(23)14(17)3/h5-11,13H,12H2,1-4H3,(H,24,25,26)/b20-11-. The number of nitrogens with one attached hydrogen (secondary N) is 1. The van der Waals surface area contributed by atoms with Crippen LogP contribution in [0, 0.1) is 12.8 Å². The summed E-state index contributed by atoms with van der Waals surface area (Å²) in [7, 11) is 1.60. The summed E-state index contributed by atoms with van der Waals surface area (Å²) in [4.78, 5) is 17.5. The van der Waals surface area contributed by atoms with Crippen molar-refractivity contribution < 1.29 is 14.3 Å². The third kappa shape index (κ3) is 5.34. The SMILES string of the molecule is COc1cc(/C=C2\SC(=Nc3cccc(Cl)c3C)NC2=O)ccc1OCC(C)C. The van der Waals surface area contributed by atoms with Crippen molar-refractivity contribution in [3.8, 4) is 11.5 Å². The van der Waals surface area contributed by atoms with Crippen LogP contribution in [0.5, 0.6) is 11.5 Å². The topological polar surface area (TPSA) is 59.9 Å². The van der Waals surface area contributed by atoms with Crippen molar-refractivity contribution in [3.63, 3.8) is 0 Å². The van der Waals surface area contributed by atoms with Gasteiger partial charge >= 0.3 is 0 Å². The van der Waals surface area contributed by atoms with Crippen molar-refractivity contribution in [2.45, 2.75) is 20.8 Å². The normalized spacial score (nSPS) is 16.6. The van der Waals surface area contributed by atoms with E-state index in [0.717, 1.165) is 16.8 Å². The molecule has 2 aromatic carbocycles. The average molecular weight is 431 g/mol. The average Bonchev–Trinajstić information content (AvgIpc) is 3.03. The molecule has 0 bridgehead atoms. The van der Waals surface area contributed by atoms with E-state index < -0.39 is 0 Å². The van der Waals surface area contributed by atoms with Gasteiger partial charge in [-0.2, -0.15) is 0 Å². The molecule has 29 heavy (non-hydrogen) atoms. The number of ether oxygens (including phenoxy) is 2. The van der Waals surface area contributed by atoms with Gasteiger partial charge in [0.1, 0.15) is 0 Å². The van der Waals surface area contributed by atoms with Crippen LogP contribution in [0.3, 0.4) is 0 Å². The van der Waals surface area contributed by atoms with Crippen molar-refractivity contribution in [3.05, 3.63) is 57.5 Å². The van der Waals surface area contributed by atoms with Gasteiger partial charge in [-0.3, -0.25) is 4.79 Å². The van der Waals surface area contributed by atoms with E-state index in [2.05, 4.69) is 24.2 Å². The van der Waals surface area contributed by atoms with E-state index >= 15 is 0 Å². The molecule has 5 nitrogen and oxygen atoms in total. The molecule has 2 aromatic rings. The minimum Gasteiger partial charge on any atom is -0.493 e. The summed E-state index contributed by atoms with van der Waals surface area (Å²) in [6, 6.07) is 11.1. The van der Waals surface area contributed by atoms with Gasteiger partial charge in [0.15, 0.2) is 16.7 Å². The Morgan fingerprint density at radius 1 is 1.24 bits per heavy atom. The van der Waals surface area contributed by atoms with Gasteiger partial charge < -0.3 is 14.8 Å². The summed E-state index contributed by atoms with van der Waals surface area (Å²) in [6.45, 7) is 6.68. The number of hydrogen-bond donors (Lipinski definition) is 1. The van der Waals surface area contributed by atoms with E-state index in [0.29, 0.717) is 39.1 Å². The van der Waals surface area contributed by atoms with Gasteiger partial charge in [-0.15, -0.1) is 0 Å². The quantitative estimate of drug-likeness (QED) is 0.607. The maximum absolute atomic E-state index is 12.4. The van der Waals surface area contributed by atoms with Crippen molar-refractivity contribution in [2.75, 3.05) is 13.7 Å². The van der Waals surface area contributed by atoms with Gasteiger partial charge in [0.05, 0.1) is 24.3 Å². The third-order valence-corrected chi connectivity index (χ3v) is 5.49. The van der Waals surface area contributed by atoms with Gasteiger partial charge in [-0.1, -0.05) is 37.6 Å². The molecule has 1 heterocycles. The second-order valence-electron chi connectivity index (χ2n) is 6.98. The number of amides is 1. The lowest BCUT2D eigenvalue weighted by Gasteiger charge is -2.12. The number of thioether (sulfide) groups is 1. The number of benzene rings is 2. The molecule has 1 aliphatic heterocycles. The Bertz CT molecular complexity index is 986. The van der Waals surface area contributed by atoms with Crippen LogP contribution >= 0.6 is 23.4 Å². The number of halogens is 1. The van der Waals surface area contributed by atoms with E-state index in [9.17, 15) is 4.79 Å². The summed E-state index contributed by atoms with van der Waals surface area (Å²) >= 11 is 7.44. The van der Waals surface area contributed by atoms with Gasteiger partial charge in [0.25, 0.3) is 5.91 Å². The highest BCUT2D eigenvalue weighted by Crippen LogP contribution is 2.33. The van der Waals surface area contributed by atoms with Gasteiger partial charge in [0.2, 0.25) is 0 Å². The first kappa shape index (κ1) is 21.3. The Balaban J connectivity index is 1.81. The van der Waals surface area contributed by atoms with Crippen LogP contribution in [0.1, 0.15) is 25.0 Å². The van der Waals surface area contributed by atoms with Crippen LogP contribution in [-0.2, 0) is 4.79 Å². The highest BCUT2D eigenvalue weighted by molar-refractivity contribution is 8.18. The molecule has 1 saturated heterocycles. The minimum absolute atomic E-state index is 0.187. The third-order valence-electron chi connectivity index (χ3n) is 4.17. The molecule has 152 valence electrons. The maximum Gasteiger partial charge on any atom is 0.264 e. The van der Waals surface area contributed by atoms with Crippen molar-refractivity contribution >= 4 is 46.2 Å². The lowest BCUT2D eigenvalue weighted by atomic mass is 10.2. The minimum atomic E-state index is -0.187. The number of methoxy groups -OCH3 is 1. The maximum atomic E-state index is 12.4. The molecule has 0 spiro atoms. The lowest BCUT2D eigenvalue weighted by molar-refractivity contribution is -0.115. The molecule has 0 aliphatic carbocycles. The fourth-order valence-electron chi connectivity index (χ4n) is 2.61. The fraction of sp³-hybridized carbons (Fsp3) is 0.273. The van der Waals surface area contributed by atoms with Crippen LogP contribution in [0.15, 0.2) is 46.3 Å². The number of hydrogen-bond acceptors (Lipinski definition) is 5. The molecule has 0 atom stereocenters. The van der Waals surface area contributed by atoms with Crippen LogP contribution in [-0.4, -0.2) is 24.8 Å². The smallest absolute Gasteiger partial charge is 0.264 e. The number of carbonyl (C=O) groups excluding carboxylic acids is 1. The molecular weight excluding hydrogens is 408 g/mol. The summed E-state index contributed by atoms with van der Waals surface area (Å²) < 4.78 is 11.2. The predicted octanol–water partition coefficient (Wildman–Crippen LogP) is 5.58. The van der Waals surface area contributed by atoms with Gasteiger partial charge in [-0.25, -0.2) is 4.99 Å². The Kier molecular flexibility index (Phi) is 6.87. The zero-order valence-electron chi connectivity index (χ0n) is 16.8. The largest absolute Gasteiger partial charge is 0.493 e. The molecule has 0 saturated carbocycles. The molecule has 1 amide bonds. The molecule has 7 heteroatoms. The Morgan fingerprint density at radius 3 is 2.76 bits per heavy atom. The predicted molar refractivity (Wildman–Crippen MR) is 120 cm³/mol. The molecule has 0 unspecified atom stereocenters. The van der Waals surface area contributed by atoms with Crippen molar-refractivity contribution in [1.29, 1.82) is 0 Å². The van der Waals surface area contributed by atoms with E-state index in [1.54, 1.807) is 7.11 Å². The number of carbonyl (C=O) groups is 1. The Hall–Kier alpha value is -2.44. The van der Waals surface area contributed by atoms with E-state index in [4.69, 9.17) is 21.1 Å². The number of nitrogens with zero attached hydrogens (tertiary/aromatic N) is 1. The fourth-order valence-corrected chi connectivity index (χ4v) is 3.61. The van der Waals surface area contributed by atoms with E-state index in [1.165, 1.54) is 11.8 Å². The summed E-state index contributed by atoms with van der Waals surface area (Å²) in [6.07, 6.45) is 1.81. The van der Waals surface area contributed by atoms with Crippen LogP contribution in [0.25, 0.3) is 6.08 Å². The summed E-state index contributed by atoms with van der Waals surface area (Å²) in [5.41, 5.74) is 2.45. The first-order valence-electron chi connectivity index (χ1n) is 9.23. The highest BCUT2D eigenvalue weighted by Gasteiger charge is 2.24. The number of rotatable bonds is 6.